The Morgan fingerprint density at radius 3 is 2.37 bits per heavy atom. The van der Waals surface area contributed by atoms with Crippen molar-refractivity contribution in [1.82, 2.24) is 20.4 Å². The van der Waals surface area contributed by atoms with Crippen LogP contribution in [-0.2, 0) is 16.8 Å². The molecule has 1 aromatic carbocycles. The van der Waals surface area contributed by atoms with Crippen molar-refractivity contribution in [2.24, 2.45) is 0 Å². The lowest BCUT2D eigenvalue weighted by molar-refractivity contribution is -0.128. The summed E-state index contributed by atoms with van der Waals surface area (Å²) in [6, 6.07) is 7.58. The molecule has 2 aromatic rings. The van der Waals surface area contributed by atoms with E-state index in [0.29, 0.717) is 16.7 Å². The highest BCUT2D eigenvalue weighted by atomic mass is 32.2. The molecule has 2 amide bonds. The van der Waals surface area contributed by atoms with E-state index >= 15 is 0 Å². The van der Waals surface area contributed by atoms with Crippen LogP contribution in [0.15, 0.2) is 33.9 Å². The second kappa shape index (κ2) is 10.1. The fourth-order valence-electron chi connectivity index (χ4n) is 3.28. The number of carbonyl (C=O) groups excluding carboxylic acids is 2. The molecule has 3 rings (SSSR count). The standard InChI is InChI=1S/C22H30N4O3S/c1-22(2,3)17-10-8-16(9-11-17)20(28)23-14-18-24-25-21(29-18)30-15-19(27)26-12-6-4-5-7-13-26/h8-11H,4-7,12-15H2,1-3H3,(H,23,28). The maximum atomic E-state index is 12.3. The first-order valence-corrected chi connectivity index (χ1v) is 11.4. The fraction of sp³-hybridized carbons (Fsp3) is 0.545. The smallest absolute Gasteiger partial charge is 0.277 e. The van der Waals surface area contributed by atoms with Crippen LogP contribution in [0, 0.1) is 0 Å². The Kier molecular flexibility index (Phi) is 7.53. The highest BCUT2D eigenvalue weighted by molar-refractivity contribution is 7.99. The lowest BCUT2D eigenvalue weighted by Gasteiger charge is -2.19. The van der Waals surface area contributed by atoms with E-state index in [4.69, 9.17) is 4.42 Å². The summed E-state index contributed by atoms with van der Waals surface area (Å²) in [4.78, 5) is 26.6. The molecule has 0 bridgehead atoms. The Balaban J connectivity index is 1.46. The molecule has 0 unspecified atom stereocenters. The van der Waals surface area contributed by atoms with Crippen LogP contribution in [0.3, 0.4) is 0 Å². The molecular formula is C22H30N4O3S. The second-order valence-electron chi connectivity index (χ2n) is 8.56. The maximum absolute atomic E-state index is 12.3. The van der Waals surface area contributed by atoms with Crippen LogP contribution in [0.4, 0.5) is 0 Å². The van der Waals surface area contributed by atoms with E-state index in [2.05, 4.69) is 36.3 Å². The van der Waals surface area contributed by atoms with E-state index in [9.17, 15) is 9.59 Å². The SMILES string of the molecule is CC(C)(C)c1ccc(C(=O)NCc2nnc(SCC(=O)N3CCCCCC3)o2)cc1. The average Bonchev–Trinajstić information content (AvgIpc) is 3.00. The van der Waals surface area contributed by atoms with Gasteiger partial charge in [0.1, 0.15) is 0 Å². The molecule has 0 spiro atoms. The van der Waals surface area contributed by atoms with Gasteiger partial charge in [0, 0.05) is 18.7 Å². The van der Waals surface area contributed by atoms with Crippen LogP contribution in [0.2, 0.25) is 0 Å². The number of hydrogen-bond acceptors (Lipinski definition) is 6. The van der Waals surface area contributed by atoms with Gasteiger partial charge in [0.25, 0.3) is 11.1 Å². The summed E-state index contributed by atoms with van der Waals surface area (Å²) >= 11 is 1.24. The predicted octanol–water partition coefficient (Wildman–Crippen LogP) is 3.79. The van der Waals surface area contributed by atoms with Gasteiger partial charge in [0.05, 0.1) is 12.3 Å². The van der Waals surface area contributed by atoms with Crippen molar-refractivity contribution in [2.45, 2.75) is 63.6 Å². The third kappa shape index (κ3) is 6.32. The molecule has 0 radical (unpaired) electrons. The first-order chi connectivity index (χ1) is 14.3. The van der Waals surface area contributed by atoms with E-state index < -0.39 is 0 Å². The Labute approximate surface area is 182 Å². The van der Waals surface area contributed by atoms with Gasteiger partial charge in [-0.1, -0.05) is 57.5 Å². The topological polar surface area (TPSA) is 88.3 Å². The molecule has 162 valence electrons. The van der Waals surface area contributed by atoms with E-state index in [1.807, 2.05) is 29.2 Å². The largest absolute Gasteiger partial charge is 0.414 e. The summed E-state index contributed by atoms with van der Waals surface area (Å²) < 4.78 is 5.55. The van der Waals surface area contributed by atoms with Crippen molar-refractivity contribution in [1.29, 1.82) is 0 Å². The molecule has 1 fully saturated rings. The number of nitrogens with one attached hydrogen (secondary N) is 1. The van der Waals surface area contributed by atoms with Gasteiger partial charge in [-0.25, -0.2) is 0 Å². The van der Waals surface area contributed by atoms with Crippen LogP contribution < -0.4 is 5.32 Å². The Morgan fingerprint density at radius 2 is 1.73 bits per heavy atom. The van der Waals surface area contributed by atoms with Gasteiger partial charge in [-0.3, -0.25) is 9.59 Å². The lowest BCUT2D eigenvalue weighted by atomic mass is 9.87. The summed E-state index contributed by atoms with van der Waals surface area (Å²) in [6.45, 7) is 8.21. The van der Waals surface area contributed by atoms with Crippen LogP contribution in [0.5, 0.6) is 0 Å². The van der Waals surface area contributed by atoms with Gasteiger partial charge in [-0.2, -0.15) is 0 Å². The zero-order valence-corrected chi connectivity index (χ0v) is 18.8. The van der Waals surface area contributed by atoms with Crippen molar-refractivity contribution >= 4 is 23.6 Å². The summed E-state index contributed by atoms with van der Waals surface area (Å²) in [5, 5.41) is 11.1. The summed E-state index contributed by atoms with van der Waals surface area (Å²) in [5.41, 5.74) is 1.80. The number of rotatable bonds is 6. The average molecular weight is 431 g/mol. The van der Waals surface area contributed by atoms with Crippen molar-refractivity contribution in [3.63, 3.8) is 0 Å². The fourth-order valence-corrected chi connectivity index (χ4v) is 3.97. The van der Waals surface area contributed by atoms with Gasteiger partial charge in [-0.15, -0.1) is 10.2 Å². The van der Waals surface area contributed by atoms with Gasteiger partial charge in [0.2, 0.25) is 11.8 Å². The predicted molar refractivity (Wildman–Crippen MR) is 116 cm³/mol. The Morgan fingerprint density at radius 1 is 1.07 bits per heavy atom. The molecule has 1 aliphatic heterocycles. The minimum atomic E-state index is -0.195. The van der Waals surface area contributed by atoms with Crippen molar-refractivity contribution < 1.29 is 14.0 Å². The molecule has 1 saturated heterocycles. The number of hydrogen-bond donors (Lipinski definition) is 1. The Bertz CT molecular complexity index is 850. The minimum Gasteiger partial charge on any atom is -0.414 e. The van der Waals surface area contributed by atoms with Crippen LogP contribution in [-0.4, -0.2) is 45.8 Å². The number of thioether (sulfide) groups is 1. The molecule has 8 heteroatoms. The summed E-state index contributed by atoms with van der Waals surface area (Å²) in [5.74, 6) is 0.515. The molecule has 0 saturated carbocycles. The molecule has 2 heterocycles. The monoisotopic (exact) mass is 430 g/mol. The van der Waals surface area contributed by atoms with Crippen LogP contribution >= 0.6 is 11.8 Å². The number of nitrogens with zero attached hydrogens (tertiary/aromatic N) is 3. The molecule has 0 aliphatic carbocycles. The van der Waals surface area contributed by atoms with E-state index in [-0.39, 0.29) is 29.5 Å². The molecule has 30 heavy (non-hydrogen) atoms. The second-order valence-corrected chi connectivity index (χ2v) is 9.48. The summed E-state index contributed by atoms with van der Waals surface area (Å²) in [7, 11) is 0. The third-order valence-electron chi connectivity index (χ3n) is 5.14. The van der Waals surface area contributed by atoms with Crippen molar-refractivity contribution in [3.05, 3.63) is 41.3 Å². The highest BCUT2D eigenvalue weighted by Crippen LogP contribution is 2.22. The van der Waals surface area contributed by atoms with Gasteiger partial charge in [0.15, 0.2) is 0 Å². The van der Waals surface area contributed by atoms with Gasteiger partial charge in [-0.05, 0) is 36.0 Å². The zero-order valence-electron chi connectivity index (χ0n) is 17.9. The Hall–Kier alpha value is -2.35. The molecule has 0 atom stereocenters. The quantitative estimate of drug-likeness (QED) is 0.702. The normalized spacial score (nSPS) is 15.0. The van der Waals surface area contributed by atoms with Gasteiger partial charge >= 0.3 is 0 Å². The number of likely N-dealkylation sites (tertiary alicyclic amines) is 1. The zero-order chi connectivity index (χ0) is 21.6. The first kappa shape index (κ1) is 22.3. The van der Waals surface area contributed by atoms with E-state index in [0.717, 1.165) is 25.9 Å². The first-order valence-electron chi connectivity index (χ1n) is 10.4. The molecule has 7 nitrogen and oxygen atoms in total. The number of aromatic nitrogens is 2. The number of carbonyl (C=O) groups is 2. The molecular weight excluding hydrogens is 400 g/mol. The van der Waals surface area contributed by atoms with Crippen LogP contribution in [0.1, 0.15) is 68.3 Å². The highest BCUT2D eigenvalue weighted by Gasteiger charge is 2.18. The van der Waals surface area contributed by atoms with E-state index in [1.54, 1.807) is 0 Å². The van der Waals surface area contributed by atoms with Gasteiger partial charge < -0.3 is 14.6 Å². The lowest BCUT2D eigenvalue weighted by Crippen LogP contribution is -2.33. The van der Waals surface area contributed by atoms with Crippen LogP contribution in [0.25, 0.3) is 0 Å². The van der Waals surface area contributed by atoms with Crippen molar-refractivity contribution in [2.75, 3.05) is 18.8 Å². The minimum absolute atomic E-state index is 0.0431. The third-order valence-corrected chi connectivity index (χ3v) is 5.94. The maximum Gasteiger partial charge on any atom is 0.277 e. The summed E-state index contributed by atoms with van der Waals surface area (Å²) in [6.07, 6.45) is 4.52. The molecule has 1 N–H and O–H groups in total. The number of amides is 2. The molecule has 1 aliphatic rings. The van der Waals surface area contributed by atoms with Crippen molar-refractivity contribution in [3.8, 4) is 0 Å². The number of benzene rings is 1. The van der Waals surface area contributed by atoms with E-state index in [1.165, 1.54) is 30.2 Å². The molecule has 1 aromatic heterocycles.